The van der Waals surface area contributed by atoms with Crippen molar-refractivity contribution in [3.05, 3.63) is 0 Å². The molecular formula is C13H25N3O6S2. The maximum absolute atomic E-state index is 12.6. The molecule has 0 aromatic rings. The molecule has 0 aromatic carbocycles. The number of carbonyl (C=O) groups is 2. The number of rotatable bonds is 6. The Hall–Kier alpha value is -1.20. The van der Waals surface area contributed by atoms with Crippen LogP contribution in [0.15, 0.2) is 3.77 Å². The molecule has 0 atom stereocenters. The maximum Gasteiger partial charge on any atom is 0.330 e. The monoisotopic (exact) mass is 383 g/mol. The summed E-state index contributed by atoms with van der Waals surface area (Å²) in [4.78, 5) is 25.5. The van der Waals surface area contributed by atoms with Crippen molar-refractivity contribution in [1.29, 1.82) is 0 Å². The fraction of sp³-hybridized carbons (Fsp3) is 0.846. The van der Waals surface area contributed by atoms with Crippen molar-refractivity contribution in [2.24, 2.45) is 9.18 Å². The molecule has 0 aromatic heterocycles. The van der Waals surface area contributed by atoms with E-state index in [0.717, 1.165) is 4.31 Å². The summed E-state index contributed by atoms with van der Waals surface area (Å²) in [6.07, 6.45) is 2.79. The molecule has 1 saturated heterocycles. The molecule has 1 heterocycles. The highest BCUT2D eigenvalue weighted by Crippen LogP contribution is 2.30. The first-order valence-corrected chi connectivity index (χ1v) is 11.3. The van der Waals surface area contributed by atoms with Gasteiger partial charge in [-0.15, -0.1) is 0 Å². The van der Waals surface area contributed by atoms with E-state index in [-0.39, 0.29) is 39.0 Å². The average molecular weight is 383 g/mol. The Morgan fingerprint density at radius 3 is 1.83 bits per heavy atom. The summed E-state index contributed by atoms with van der Waals surface area (Å²) in [5, 5.41) is 9.43. The molecule has 0 bridgehead atoms. The van der Waals surface area contributed by atoms with Crippen molar-refractivity contribution in [1.82, 2.24) is 9.21 Å². The predicted octanol–water partition coefficient (Wildman–Crippen LogP) is -0.00600. The van der Waals surface area contributed by atoms with E-state index >= 15 is 0 Å². The minimum Gasteiger partial charge on any atom is -0.480 e. The summed E-state index contributed by atoms with van der Waals surface area (Å²) in [5.41, 5.74) is -1.48. The number of hydrogen-bond donors (Lipinski definition) is 1. The van der Waals surface area contributed by atoms with Gasteiger partial charge in [0.15, 0.2) is 0 Å². The van der Waals surface area contributed by atoms with Gasteiger partial charge in [0.25, 0.3) is 0 Å². The van der Waals surface area contributed by atoms with Crippen molar-refractivity contribution in [2.75, 3.05) is 38.7 Å². The van der Waals surface area contributed by atoms with E-state index in [0.29, 0.717) is 0 Å². The van der Waals surface area contributed by atoms with E-state index in [9.17, 15) is 27.3 Å². The molecule has 140 valence electrons. The summed E-state index contributed by atoms with van der Waals surface area (Å²) >= 11 is 0. The summed E-state index contributed by atoms with van der Waals surface area (Å²) in [5.74, 6) is -1.66. The minimum absolute atomic E-state index is 0.00375. The second-order valence-electron chi connectivity index (χ2n) is 6.02. The van der Waals surface area contributed by atoms with Crippen LogP contribution in [0.1, 0.15) is 26.7 Å². The van der Waals surface area contributed by atoms with Crippen LogP contribution in [-0.2, 0) is 29.5 Å². The van der Waals surface area contributed by atoms with Gasteiger partial charge in [-0.1, -0.05) is 17.6 Å². The highest BCUT2D eigenvalue weighted by Gasteiger charge is 2.46. The first-order valence-electron chi connectivity index (χ1n) is 7.61. The van der Waals surface area contributed by atoms with Gasteiger partial charge < -0.3 is 10.0 Å². The molecule has 1 aliphatic rings. The highest BCUT2D eigenvalue weighted by molar-refractivity contribution is 8.01. The third-order valence-corrected chi connectivity index (χ3v) is 7.36. The van der Waals surface area contributed by atoms with Crippen LogP contribution >= 0.6 is 0 Å². The van der Waals surface area contributed by atoms with Gasteiger partial charge >= 0.3 is 16.2 Å². The van der Waals surface area contributed by atoms with Gasteiger partial charge in [-0.05, 0) is 12.8 Å². The fourth-order valence-corrected chi connectivity index (χ4v) is 5.46. The number of hydrogen-bond acceptors (Lipinski definition) is 5. The fourth-order valence-electron chi connectivity index (χ4n) is 2.64. The van der Waals surface area contributed by atoms with Gasteiger partial charge in [-0.3, -0.25) is 9.59 Å². The van der Waals surface area contributed by atoms with E-state index < -0.39 is 37.2 Å². The lowest BCUT2D eigenvalue weighted by atomic mass is 9.80. The van der Waals surface area contributed by atoms with Crippen LogP contribution in [0.5, 0.6) is 0 Å². The summed E-state index contributed by atoms with van der Waals surface area (Å²) in [6.45, 7) is 3.45. The third-order valence-electron chi connectivity index (χ3n) is 4.15. The quantitative estimate of drug-likeness (QED) is 0.644. The minimum atomic E-state index is -4.02. The molecule has 0 radical (unpaired) electrons. The number of aliphatic carboxylic acids is 1. The summed E-state index contributed by atoms with van der Waals surface area (Å²) < 4.78 is 40.2. The van der Waals surface area contributed by atoms with E-state index in [1.807, 2.05) is 0 Å². The molecule has 1 rings (SSSR count). The number of carboxylic acid groups (broad SMARTS) is 1. The Kier molecular flexibility index (Phi) is 6.39. The van der Waals surface area contributed by atoms with Crippen LogP contribution in [0.4, 0.5) is 0 Å². The molecule has 1 fully saturated rings. The lowest BCUT2D eigenvalue weighted by molar-refractivity contribution is -0.162. The van der Waals surface area contributed by atoms with E-state index in [4.69, 9.17) is 0 Å². The predicted molar refractivity (Wildman–Crippen MR) is 90.1 cm³/mol. The molecule has 9 nitrogen and oxygen atoms in total. The molecule has 1 N–H and O–H groups in total. The lowest BCUT2D eigenvalue weighted by Crippen LogP contribution is -2.55. The zero-order chi connectivity index (χ0) is 18.8. The van der Waals surface area contributed by atoms with Gasteiger partial charge in [-0.25, -0.2) is 4.21 Å². The van der Waals surface area contributed by atoms with Crippen LogP contribution in [0.25, 0.3) is 0 Å². The molecule has 0 saturated carbocycles. The van der Waals surface area contributed by atoms with Crippen molar-refractivity contribution in [2.45, 2.75) is 26.7 Å². The Morgan fingerprint density at radius 1 is 1.04 bits per heavy atom. The van der Waals surface area contributed by atoms with Crippen LogP contribution < -0.4 is 0 Å². The molecule has 1 amide bonds. The molecular weight excluding hydrogens is 358 g/mol. The third kappa shape index (κ3) is 4.45. The average Bonchev–Trinajstić information content (AvgIpc) is 2.46. The number of nitrogens with zero attached hydrogens (tertiary/aromatic N) is 3. The van der Waals surface area contributed by atoms with Gasteiger partial charge in [0.1, 0.15) is 5.41 Å². The second kappa shape index (κ2) is 7.36. The Morgan fingerprint density at radius 2 is 1.50 bits per heavy atom. The van der Waals surface area contributed by atoms with Gasteiger partial charge in [-0.2, -0.15) is 12.7 Å². The standard InChI is InChI=1S/C13H25N3O6S2/c1-5-13(6-2,12(18)19)11(17)15-7-9-16(10-8-15)24(21,22)14-23(3,4)20/h5-10H2,1-4H3,(H,18,19). The molecule has 0 unspecified atom stereocenters. The molecule has 1 aliphatic heterocycles. The zero-order valence-corrected chi connectivity index (χ0v) is 16.0. The number of carbonyl (C=O) groups excluding carboxylic acids is 1. The van der Waals surface area contributed by atoms with Crippen LogP contribution in [0.2, 0.25) is 0 Å². The smallest absolute Gasteiger partial charge is 0.330 e. The maximum atomic E-state index is 12.6. The SMILES string of the molecule is CCC(CC)(C(=O)O)C(=O)N1CCN(S(=O)(=O)N=S(C)(C)=O)CC1. The van der Waals surface area contributed by atoms with E-state index in [1.165, 1.54) is 17.4 Å². The molecule has 11 heteroatoms. The lowest BCUT2D eigenvalue weighted by Gasteiger charge is -2.37. The zero-order valence-electron chi connectivity index (χ0n) is 14.4. The van der Waals surface area contributed by atoms with Gasteiger partial charge in [0.05, 0.1) is 9.73 Å². The molecule has 24 heavy (non-hydrogen) atoms. The van der Waals surface area contributed by atoms with Crippen LogP contribution in [0.3, 0.4) is 0 Å². The largest absolute Gasteiger partial charge is 0.480 e. The highest BCUT2D eigenvalue weighted by atomic mass is 32.3. The van der Waals surface area contributed by atoms with Crippen LogP contribution in [-0.4, -0.2) is 77.5 Å². The first kappa shape index (κ1) is 20.8. The number of carboxylic acids is 1. The van der Waals surface area contributed by atoms with E-state index in [2.05, 4.69) is 3.77 Å². The normalized spacial score (nSPS) is 17.6. The number of piperazine rings is 1. The Bertz CT molecular complexity index is 704. The summed E-state index contributed by atoms with van der Waals surface area (Å²) in [7, 11) is -6.84. The van der Waals surface area contributed by atoms with Gasteiger partial charge in [0.2, 0.25) is 5.91 Å². The van der Waals surface area contributed by atoms with Crippen molar-refractivity contribution >= 4 is 31.8 Å². The Labute approximate surface area is 143 Å². The van der Waals surface area contributed by atoms with Crippen molar-refractivity contribution in [3.8, 4) is 0 Å². The molecule has 0 spiro atoms. The Balaban J connectivity index is 2.92. The second-order valence-corrected chi connectivity index (χ2v) is 10.4. The van der Waals surface area contributed by atoms with E-state index in [1.54, 1.807) is 13.8 Å². The summed E-state index contributed by atoms with van der Waals surface area (Å²) in [6, 6.07) is 0. The van der Waals surface area contributed by atoms with Crippen molar-refractivity contribution < 1.29 is 27.3 Å². The first-order chi connectivity index (χ1) is 10.9. The topological polar surface area (TPSA) is 124 Å². The van der Waals surface area contributed by atoms with Crippen LogP contribution in [0, 0.1) is 5.41 Å². The van der Waals surface area contributed by atoms with Gasteiger partial charge in [0, 0.05) is 38.7 Å². The van der Waals surface area contributed by atoms with Crippen molar-refractivity contribution in [3.63, 3.8) is 0 Å². The number of amides is 1. The molecule has 0 aliphatic carbocycles.